The standard InChI is InChI=1S/C16H24BrN3O/c1-10-3-6-13(7-11(10)2)19-14-8-18-20(9-12-4-5-12)16(21)15(14)17/h8,10-13,19H,3-7,9H2,1-2H3. The normalized spacial score (nSPS) is 29.4. The van der Waals surface area contributed by atoms with E-state index in [-0.39, 0.29) is 5.56 Å². The Labute approximate surface area is 134 Å². The van der Waals surface area contributed by atoms with Gasteiger partial charge in [-0.3, -0.25) is 4.79 Å². The van der Waals surface area contributed by atoms with E-state index in [2.05, 4.69) is 40.2 Å². The number of nitrogens with zero attached hydrogens (tertiary/aromatic N) is 2. The predicted octanol–water partition coefficient (Wildman–Crippen LogP) is 3.65. The summed E-state index contributed by atoms with van der Waals surface area (Å²) in [5, 5.41) is 7.84. The van der Waals surface area contributed by atoms with Crippen LogP contribution in [0.25, 0.3) is 0 Å². The first-order chi connectivity index (χ1) is 10.0. The zero-order valence-electron chi connectivity index (χ0n) is 12.8. The lowest BCUT2D eigenvalue weighted by molar-refractivity contribution is 0.261. The van der Waals surface area contributed by atoms with Crippen LogP contribution in [-0.4, -0.2) is 15.8 Å². The molecule has 2 fully saturated rings. The van der Waals surface area contributed by atoms with Crippen molar-refractivity contribution >= 4 is 21.6 Å². The summed E-state index contributed by atoms with van der Waals surface area (Å²) in [4.78, 5) is 12.3. The summed E-state index contributed by atoms with van der Waals surface area (Å²) in [5.41, 5.74) is 0.836. The molecule has 0 saturated heterocycles. The van der Waals surface area contributed by atoms with E-state index in [9.17, 15) is 4.79 Å². The second kappa shape index (κ2) is 6.11. The minimum absolute atomic E-state index is 0.0101. The molecule has 0 aliphatic heterocycles. The van der Waals surface area contributed by atoms with Crippen LogP contribution >= 0.6 is 15.9 Å². The van der Waals surface area contributed by atoms with Gasteiger partial charge in [-0.1, -0.05) is 13.8 Å². The van der Waals surface area contributed by atoms with Gasteiger partial charge in [0, 0.05) is 12.6 Å². The van der Waals surface area contributed by atoms with Gasteiger partial charge >= 0.3 is 0 Å². The van der Waals surface area contributed by atoms with Crippen molar-refractivity contribution in [3.05, 3.63) is 21.0 Å². The molecule has 116 valence electrons. The van der Waals surface area contributed by atoms with Gasteiger partial charge in [0.15, 0.2) is 0 Å². The molecule has 5 heteroatoms. The Kier molecular flexibility index (Phi) is 4.38. The van der Waals surface area contributed by atoms with E-state index in [1.54, 1.807) is 10.9 Å². The van der Waals surface area contributed by atoms with Crippen molar-refractivity contribution in [2.45, 2.75) is 58.5 Å². The van der Waals surface area contributed by atoms with Crippen molar-refractivity contribution < 1.29 is 0 Å². The van der Waals surface area contributed by atoms with Crippen LogP contribution < -0.4 is 10.9 Å². The molecular weight excluding hydrogens is 330 g/mol. The molecule has 0 spiro atoms. The largest absolute Gasteiger partial charge is 0.380 e. The lowest BCUT2D eigenvalue weighted by atomic mass is 9.79. The summed E-state index contributed by atoms with van der Waals surface area (Å²) in [6.07, 6.45) is 7.84. The molecule has 3 atom stereocenters. The van der Waals surface area contributed by atoms with Gasteiger partial charge in [-0.2, -0.15) is 5.10 Å². The van der Waals surface area contributed by atoms with Crippen molar-refractivity contribution in [1.29, 1.82) is 0 Å². The highest BCUT2D eigenvalue weighted by Crippen LogP contribution is 2.32. The summed E-state index contributed by atoms with van der Waals surface area (Å²) < 4.78 is 2.22. The molecule has 4 nitrogen and oxygen atoms in total. The van der Waals surface area contributed by atoms with E-state index in [4.69, 9.17) is 0 Å². The van der Waals surface area contributed by atoms with Crippen LogP contribution in [-0.2, 0) is 6.54 Å². The molecule has 0 bridgehead atoms. The monoisotopic (exact) mass is 353 g/mol. The highest BCUT2D eigenvalue weighted by Gasteiger charge is 2.26. The van der Waals surface area contributed by atoms with Gasteiger partial charge in [0.2, 0.25) is 0 Å². The minimum atomic E-state index is -0.0101. The average molecular weight is 354 g/mol. The first-order valence-electron chi connectivity index (χ1n) is 8.06. The summed E-state index contributed by atoms with van der Waals surface area (Å²) in [6, 6.07) is 0.452. The molecule has 0 aromatic carbocycles. The van der Waals surface area contributed by atoms with Gasteiger partial charge in [-0.05, 0) is 65.8 Å². The summed E-state index contributed by atoms with van der Waals surface area (Å²) in [5.74, 6) is 2.19. The number of rotatable bonds is 4. The molecule has 1 aromatic rings. The maximum atomic E-state index is 12.3. The quantitative estimate of drug-likeness (QED) is 0.898. The van der Waals surface area contributed by atoms with Crippen molar-refractivity contribution in [3.8, 4) is 0 Å². The van der Waals surface area contributed by atoms with Crippen LogP contribution in [0.4, 0.5) is 5.69 Å². The molecule has 1 N–H and O–H groups in total. The third kappa shape index (κ3) is 3.50. The van der Waals surface area contributed by atoms with Gasteiger partial charge in [-0.25, -0.2) is 4.68 Å². The summed E-state index contributed by atoms with van der Waals surface area (Å²) in [6.45, 7) is 5.41. The van der Waals surface area contributed by atoms with E-state index >= 15 is 0 Å². The number of halogens is 1. The SMILES string of the molecule is CC1CCC(Nc2cnn(CC3CC3)c(=O)c2Br)CC1C. The lowest BCUT2D eigenvalue weighted by Crippen LogP contribution is -2.32. The van der Waals surface area contributed by atoms with Crippen LogP contribution in [0.2, 0.25) is 0 Å². The third-order valence-corrected chi connectivity index (χ3v) is 5.84. The fraction of sp³-hybridized carbons (Fsp3) is 0.750. The second-order valence-corrected chi connectivity index (χ2v) is 7.70. The van der Waals surface area contributed by atoms with E-state index in [0.717, 1.165) is 24.1 Å². The molecule has 2 aliphatic rings. The molecule has 0 amide bonds. The molecule has 2 saturated carbocycles. The van der Waals surface area contributed by atoms with Gasteiger partial charge in [0.1, 0.15) is 4.47 Å². The Hall–Kier alpha value is -0.840. The Morgan fingerprint density at radius 3 is 2.71 bits per heavy atom. The fourth-order valence-corrected chi connectivity index (χ4v) is 3.56. The summed E-state index contributed by atoms with van der Waals surface area (Å²) >= 11 is 3.46. The van der Waals surface area contributed by atoms with Crippen LogP contribution in [0.3, 0.4) is 0 Å². The smallest absolute Gasteiger partial charge is 0.283 e. The van der Waals surface area contributed by atoms with E-state index in [1.165, 1.54) is 32.1 Å². The maximum Gasteiger partial charge on any atom is 0.283 e. The number of aromatic nitrogens is 2. The zero-order chi connectivity index (χ0) is 15.0. The number of anilines is 1. The third-order valence-electron chi connectivity index (χ3n) is 5.07. The first-order valence-corrected chi connectivity index (χ1v) is 8.86. The Bertz CT molecular complexity index is 567. The zero-order valence-corrected chi connectivity index (χ0v) is 14.4. The Morgan fingerprint density at radius 2 is 2.05 bits per heavy atom. The molecule has 21 heavy (non-hydrogen) atoms. The number of nitrogens with one attached hydrogen (secondary N) is 1. The Morgan fingerprint density at radius 1 is 1.29 bits per heavy atom. The average Bonchev–Trinajstić information content (AvgIpc) is 3.26. The lowest BCUT2D eigenvalue weighted by Gasteiger charge is -2.33. The van der Waals surface area contributed by atoms with Gasteiger partial charge < -0.3 is 5.32 Å². The minimum Gasteiger partial charge on any atom is -0.380 e. The van der Waals surface area contributed by atoms with Gasteiger partial charge in [0.05, 0.1) is 11.9 Å². The molecule has 3 unspecified atom stereocenters. The van der Waals surface area contributed by atoms with Crippen LogP contribution in [0, 0.1) is 17.8 Å². The van der Waals surface area contributed by atoms with Crippen LogP contribution in [0.5, 0.6) is 0 Å². The highest BCUT2D eigenvalue weighted by molar-refractivity contribution is 9.10. The van der Waals surface area contributed by atoms with Crippen molar-refractivity contribution in [2.75, 3.05) is 5.32 Å². The first kappa shape index (κ1) is 15.1. The van der Waals surface area contributed by atoms with Gasteiger partial charge in [0.25, 0.3) is 5.56 Å². The predicted molar refractivity (Wildman–Crippen MR) is 88.5 cm³/mol. The van der Waals surface area contributed by atoms with Crippen LogP contribution in [0.15, 0.2) is 15.5 Å². The van der Waals surface area contributed by atoms with Crippen LogP contribution in [0.1, 0.15) is 46.0 Å². The van der Waals surface area contributed by atoms with Crippen molar-refractivity contribution in [2.24, 2.45) is 17.8 Å². The molecular formula is C16H24BrN3O. The van der Waals surface area contributed by atoms with E-state index in [1.807, 2.05) is 0 Å². The maximum absolute atomic E-state index is 12.3. The Balaban J connectivity index is 1.70. The highest BCUT2D eigenvalue weighted by atomic mass is 79.9. The fourth-order valence-electron chi connectivity index (χ4n) is 3.14. The topological polar surface area (TPSA) is 46.9 Å². The van der Waals surface area contributed by atoms with E-state index in [0.29, 0.717) is 16.4 Å². The molecule has 3 rings (SSSR count). The van der Waals surface area contributed by atoms with E-state index < -0.39 is 0 Å². The second-order valence-electron chi connectivity index (χ2n) is 6.91. The summed E-state index contributed by atoms with van der Waals surface area (Å²) in [7, 11) is 0. The van der Waals surface area contributed by atoms with Crippen molar-refractivity contribution in [3.63, 3.8) is 0 Å². The molecule has 0 radical (unpaired) electrons. The molecule has 1 heterocycles. The number of hydrogen-bond acceptors (Lipinski definition) is 3. The number of hydrogen-bond donors (Lipinski definition) is 1. The van der Waals surface area contributed by atoms with Crippen molar-refractivity contribution in [1.82, 2.24) is 9.78 Å². The molecule has 1 aromatic heterocycles. The van der Waals surface area contributed by atoms with Gasteiger partial charge in [-0.15, -0.1) is 0 Å². The molecule has 2 aliphatic carbocycles.